The summed E-state index contributed by atoms with van der Waals surface area (Å²) in [5.74, 6) is -0.345. The van der Waals surface area contributed by atoms with Crippen molar-refractivity contribution < 1.29 is 15.0 Å². The Kier molecular flexibility index (Phi) is 2.90. The zero-order valence-corrected chi connectivity index (χ0v) is 7.40. The van der Waals surface area contributed by atoms with Crippen molar-refractivity contribution in [1.82, 2.24) is 0 Å². The molecule has 0 spiro atoms. The molecule has 0 saturated carbocycles. The first kappa shape index (κ1) is 9.58. The lowest BCUT2D eigenvalue weighted by molar-refractivity contribution is -0.110. The molecule has 70 valence electrons. The molecule has 0 saturated heterocycles. The summed E-state index contributed by atoms with van der Waals surface area (Å²) < 4.78 is 0. The molecule has 1 aromatic carbocycles. The van der Waals surface area contributed by atoms with E-state index in [1.807, 2.05) is 0 Å². The summed E-state index contributed by atoms with van der Waals surface area (Å²) in [7, 11) is 0. The molecule has 1 unspecified atom stereocenters. The van der Waals surface area contributed by atoms with Crippen LogP contribution in [0.5, 0.6) is 11.5 Å². The summed E-state index contributed by atoms with van der Waals surface area (Å²) in [6.45, 7) is 1.80. The third-order valence-corrected chi connectivity index (χ3v) is 1.83. The normalized spacial score (nSPS) is 12.4. The second-order valence-corrected chi connectivity index (χ2v) is 3.14. The van der Waals surface area contributed by atoms with E-state index in [9.17, 15) is 4.79 Å². The van der Waals surface area contributed by atoms with Crippen molar-refractivity contribution in [1.29, 1.82) is 0 Å². The average Bonchev–Trinajstić information content (AvgIpc) is 2.11. The summed E-state index contributed by atoms with van der Waals surface area (Å²) >= 11 is 0. The van der Waals surface area contributed by atoms with E-state index in [1.54, 1.807) is 13.0 Å². The third-order valence-electron chi connectivity index (χ3n) is 1.83. The lowest BCUT2D eigenvalue weighted by Crippen LogP contribution is -1.99. The summed E-state index contributed by atoms with van der Waals surface area (Å²) in [4.78, 5) is 10.3. The highest BCUT2D eigenvalue weighted by atomic mass is 16.3. The zero-order valence-electron chi connectivity index (χ0n) is 7.40. The smallest absolute Gasteiger partial charge is 0.157 e. The number of carbonyl (C=O) groups excluding carboxylic acids is 1. The van der Waals surface area contributed by atoms with Gasteiger partial charge in [0.25, 0.3) is 0 Å². The van der Waals surface area contributed by atoms with Crippen LogP contribution in [0.15, 0.2) is 18.2 Å². The van der Waals surface area contributed by atoms with E-state index in [0.717, 1.165) is 11.8 Å². The minimum atomic E-state index is -0.143. The van der Waals surface area contributed by atoms with Crippen LogP contribution in [0.2, 0.25) is 0 Å². The largest absolute Gasteiger partial charge is 0.504 e. The van der Waals surface area contributed by atoms with E-state index >= 15 is 0 Å². The molecule has 3 heteroatoms. The molecule has 1 rings (SSSR count). The lowest BCUT2D eigenvalue weighted by atomic mass is 10.0. The highest BCUT2D eigenvalue weighted by Crippen LogP contribution is 2.25. The number of aldehydes is 1. The number of phenols is 2. The van der Waals surface area contributed by atoms with E-state index < -0.39 is 0 Å². The minimum Gasteiger partial charge on any atom is -0.504 e. The highest BCUT2D eigenvalue weighted by Gasteiger charge is 2.04. The first-order valence-corrected chi connectivity index (χ1v) is 4.09. The molecule has 0 fully saturated rings. The fraction of sp³-hybridized carbons (Fsp3) is 0.300. The Bertz CT molecular complexity index is 307. The van der Waals surface area contributed by atoms with Crippen molar-refractivity contribution in [3.8, 4) is 11.5 Å². The fourth-order valence-corrected chi connectivity index (χ4v) is 1.12. The van der Waals surface area contributed by atoms with Gasteiger partial charge in [0.2, 0.25) is 0 Å². The van der Waals surface area contributed by atoms with Crippen LogP contribution in [0.4, 0.5) is 0 Å². The number of benzene rings is 1. The van der Waals surface area contributed by atoms with Gasteiger partial charge in [0.1, 0.15) is 6.29 Å². The van der Waals surface area contributed by atoms with Crippen LogP contribution < -0.4 is 0 Å². The quantitative estimate of drug-likeness (QED) is 0.547. The number of aromatic hydroxyl groups is 2. The van der Waals surface area contributed by atoms with Gasteiger partial charge in [-0.05, 0) is 24.1 Å². The Morgan fingerprint density at radius 3 is 2.62 bits per heavy atom. The van der Waals surface area contributed by atoms with Crippen LogP contribution in [0.1, 0.15) is 12.5 Å². The Morgan fingerprint density at radius 1 is 1.38 bits per heavy atom. The molecular formula is C10H12O3. The maximum Gasteiger partial charge on any atom is 0.157 e. The van der Waals surface area contributed by atoms with Crippen LogP contribution in [0, 0.1) is 5.92 Å². The van der Waals surface area contributed by atoms with E-state index in [1.165, 1.54) is 12.1 Å². The average molecular weight is 180 g/mol. The van der Waals surface area contributed by atoms with Gasteiger partial charge in [0.15, 0.2) is 11.5 Å². The highest BCUT2D eigenvalue weighted by molar-refractivity contribution is 5.54. The SMILES string of the molecule is CC(C=O)Cc1ccc(O)c(O)c1. The monoisotopic (exact) mass is 180 g/mol. The maximum atomic E-state index is 10.3. The van der Waals surface area contributed by atoms with E-state index in [-0.39, 0.29) is 17.4 Å². The van der Waals surface area contributed by atoms with Crippen molar-refractivity contribution >= 4 is 6.29 Å². The van der Waals surface area contributed by atoms with Crippen LogP contribution in [0.25, 0.3) is 0 Å². The number of rotatable bonds is 3. The fourth-order valence-electron chi connectivity index (χ4n) is 1.12. The van der Waals surface area contributed by atoms with Crippen molar-refractivity contribution in [2.75, 3.05) is 0 Å². The van der Waals surface area contributed by atoms with Gasteiger partial charge in [-0.3, -0.25) is 0 Å². The first-order chi connectivity index (χ1) is 6.13. The number of carbonyl (C=O) groups is 1. The summed E-state index contributed by atoms with van der Waals surface area (Å²) in [6.07, 6.45) is 1.45. The molecule has 1 aromatic rings. The predicted molar refractivity (Wildman–Crippen MR) is 48.7 cm³/mol. The molecule has 1 atom stereocenters. The second-order valence-electron chi connectivity index (χ2n) is 3.14. The summed E-state index contributed by atoms with van der Waals surface area (Å²) in [5.41, 5.74) is 0.843. The van der Waals surface area contributed by atoms with E-state index in [4.69, 9.17) is 10.2 Å². The molecule has 0 radical (unpaired) electrons. The molecular weight excluding hydrogens is 168 g/mol. The van der Waals surface area contributed by atoms with Gasteiger partial charge in [0.05, 0.1) is 0 Å². The van der Waals surface area contributed by atoms with Gasteiger partial charge in [0, 0.05) is 5.92 Å². The van der Waals surface area contributed by atoms with Gasteiger partial charge < -0.3 is 15.0 Å². The second kappa shape index (κ2) is 3.94. The van der Waals surface area contributed by atoms with Gasteiger partial charge in [-0.15, -0.1) is 0 Å². The van der Waals surface area contributed by atoms with Crippen LogP contribution in [0.3, 0.4) is 0 Å². The summed E-state index contributed by atoms with van der Waals surface area (Å²) in [6, 6.07) is 4.58. The molecule has 0 aliphatic rings. The zero-order chi connectivity index (χ0) is 9.84. The molecule has 0 aliphatic heterocycles. The van der Waals surface area contributed by atoms with Gasteiger partial charge in [-0.2, -0.15) is 0 Å². The lowest BCUT2D eigenvalue weighted by Gasteiger charge is -2.04. The Balaban J connectivity index is 2.79. The Labute approximate surface area is 76.6 Å². The van der Waals surface area contributed by atoms with Crippen molar-refractivity contribution in [3.63, 3.8) is 0 Å². The molecule has 2 N–H and O–H groups in total. The molecule has 0 aromatic heterocycles. The minimum absolute atomic E-state index is 0.0658. The van der Waals surface area contributed by atoms with Gasteiger partial charge in [-0.25, -0.2) is 0 Å². The third kappa shape index (κ3) is 2.47. The van der Waals surface area contributed by atoms with Gasteiger partial charge >= 0.3 is 0 Å². The molecule has 3 nitrogen and oxygen atoms in total. The number of phenolic OH excluding ortho intramolecular Hbond substituents is 2. The molecule has 13 heavy (non-hydrogen) atoms. The van der Waals surface area contributed by atoms with Crippen LogP contribution in [-0.4, -0.2) is 16.5 Å². The molecule has 0 amide bonds. The van der Waals surface area contributed by atoms with E-state index in [0.29, 0.717) is 6.42 Å². The molecule has 0 heterocycles. The predicted octanol–water partition coefficient (Wildman–Crippen LogP) is 1.48. The Morgan fingerprint density at radius 2 is 2.08 bits per heavy atom. The van der Waals surface area contributed by atoms with Crippen LogP contribution >= 0.6 is 0 Å². The standard InChI is InChI=1S/C10H12O3/c1-7(6-11)4-8-2-3-9(12)10(13)5-8/h2-3,5-7,12-13H,4H2,1H3. The van der Waals surface area contributed by atoms with Crippen molar-refractivity contribution in [2.24, 2.45) is 5.92 Å². The molecule has 0 bridgehead atoms. The van der Waals surface area contributed by atoms with Crippen LogP contribution in [-0.2, 0) is 11.2 Å². The maximum absolute atomic E-state index is 10.3. The molecule has 0 aliphatic carbocycles. The van der Waals surface area contributed by atoms with Gasteiger partial charge in [-0.1, -0.05) is 13.0 Å². The van der Waals surface area contributed by atoms with E-state index in [2.05, 4.69) is 0 Å². The number of hydrogen-bond acceptors (Lipinski definition) is 3. The van der Waals surface area contributed by atoms with Crippen molar-refractivity contribution in [2.45, 2.75) is 13.3 Å². The Hall–Kier alpha value is -1.51. The van der Waals surface area contributed by atoms with Crippen molar-refractivity contribution in [3.05, 3.63) is 23.8 Å². The number of hydrogen-bond donors (Lipinski definition) is 2. The topological polar surface area (TPSA) is 57.5 Å². The summed E-state index contributed by atoms with van der Waals surface area (Å²) in [5, 5.41) is 18.2. The first-order valence-electron chi connectivity index (χ1n) is 4.09.